The van der Waals surface area contributed by atoms with Gasteiger partial charge in [-0.05, 0) is 46.3 Å². The molecule has 0 atom stereocenters. The van der Waals surface area contributed by atoms with Crippen LogP contribution in [0.4, 0.5) is 0 Å². The smallest absolute Gasteiger partial charge is 0.237 e. The molecule has 0 aliphatic heterocycles. The molecule has 0 aliphatic rings. The molecular formula is C15H34N6O2. The van der Waals surface area contributed by atoms with Gasteiger partial charge in [0.25, 0.3) is 0 Å². The zero-order valence-electron chi connectivity index (χ0n) is 14.6. The molecule has 0 rings (SSSR count). The summed E-state index contributed by atoms with van der Waals surface area (Å²) in [5.74, 6) is -0.0326. The quantitative estimate of drug-likeness (QED) is 0.228. The van der Waals surface area contributed by atoms with E-state index in [4.69, 9.17) is 11.5 Å². The van der Waals surface area contributed by atoms with E-state index in [1.807, 2.05) is 13.8 Å². The highest BCUT2D eigenvalue weighted by Crippen LogP contribution is 1.91. The predicted octanol–water partition coefficient (Wildman–Crippen LogP) is -1.48. The molecule has 0 aromatic carbocycles. The third kappa shape index (κ3) is 10.2. The van der Waals surface area contributed by atoms with Gasteiger partial charge in [0.15, 0.2) is 0 Å². The molecule has 0 aromatic rings. The summed E-state index contributed by atoms with van der Waals surface area (Å²) in [4.78, 5) is 26.4. The highest BCUT2D eigenvalue weighted by molar-refractivity contribution is 5.78. The van der Waals surface area contributed by atoms with E-state index in [1.54, 1.807) is 9.80 Å². The highest BCUT2D eigenvalue weighted by atomic mass is 16.2. The molecule has 0 unspecified atom stereocenters. The molecular weight excluding hydrogens is 296 g/mol. The maximum Gasteiger partial charge on any atom is 0.237 e. The summed E-state index contributed by atoms with van der Waals surface area (Å²) in [7, 11) is 0. The molecule has 0 fully saturated rings. The number of nitrogens with one attached hydrogen (secondary N) is 2. The van der Waals surface area contributed by atoms with Crippen LogP contribution < -0.4 is 22.1 Å². The Labute approximate surface area is 139 Å². The molecule has 0 heterocycles. The van der Waals surface area contributed by atoms with Crippen molar-refractivity contribution in [2.75, 3.05) is 59.0 Å². The number of nitrogens with zero attached hydrogens (tertiary/aromatic N) is 2. The minimum Gasteiger partial charge on any atom is -0.342 e. The van der Waals surface area contributed by atoms with Crippen LogP contribution in [0.5, 0.6) is 0 Å². The van der Waals surface area contributed by atoms with Gasteiger partial charge in [-0.2, -0.15) is 0 Å². The first-order chi connectivity index (χ1) is 11.1. The summed E-state index contributed by atoms with van der Waals surface area (Å²) in [6.07, 6.45) is 1.90. The van der Waals surface area contributed by atoms with Crippen molar-refractivity contribution in [2.24, 2.45) is 11.5 Å². The zero-order chi connectivity index (χ0) is 17.5. The Kier molecular flexibility index (Phi) is 13.6. The van der Waals surface area contributed by atoms with Crippen LogP contribution in [0.1, 0.15) is 26.7 Å². The number of carbonyl (C=O) groups is 2. The van der Waals surface area contributed by atoms with Crippen molar-refractivity contribution in [1.82, 2.24) is 20.4 Å². The topological polar surface area (TPSA) is 117 Å². The van der Waals surface area contributed by atoms with Crippen LogP contribution in [0, 0.1) is 0 Å². The number of likely N-dealkylation sites (N-methyl/N-ethyl adjacent to an activating group) is 2. The van der Waals surface area contributed by atoms with Crippen LogP contribution in [0.15, 0.2) is 0 Å². The summed E-state index contributed by atoms with van der Waals surface area (Å²) in [6, 6.07) is 0. The average Bonchev–Trinajstić information content (AvgIpc) is 2.58. The van der Waals surface area contributed by atoms with Crippen LogP contribution in [0.3, 0.4) is 0 Å². The lowest BCUT2D eigenvalue weighted by Gasteiger charge is -2.21. The second kappa shape index (κ2) is 14.4. The van der Waals surface area contributed by atoms with E-state index in [-0.39, 0.29) is 24.9 Å². The Morgan fingerprint density at radius 3 is 1.91 bits per heavy atom. The van der Waals surface area contributed by atoms with Crippen molar-refractivity contribution in [3.63, 3.8) is 0 Å². The van der Waals surface area contributed by atoms with E-state index in [1.165, 1.54) is 0 Å². The molecule has 23 heavy (non-hydrogen) atoms. The van der Waals surface area contributed by atoms with Gasteiger partial charge >= 0.3 is 0 Å². The van der Waals surface area contributed by atoms with Crippen molar-refractivity contribution in [2.45, 2.75) is 26.7 Å². The van der Waals surface area contributed by atoms with Gasteiger partial charge in [-0.1, -0.05) is 0 Å². The second-order valence-electron chi connectivity index (χ2n) is 5.25. The Balaban J connectivity index is 3.53. The fourth-order valence-corrected chi connectivity index (χ4v) is 2.17. The maximum absolute atomic E-state index is 11.5. The predicted molar refractivity (Wildman–Crippen MR) is 92.7 cm³/mol. The minimum atomic E-state index is -0.0365. The van der Waals surface area contributed by atoms with Crippen LogP contribution >= 0.6 is 0 Å². The van der Waals surface area contributed by atoms with E-state index in [0.29, 0.717) is 19.8 Å². The summed E-state index contributed by atoms with van der Waals surface area (Å²) < 4.78 is 0. The van der Waals surface area contributed by atoms with Gasteiger partial charge in [-0.3, -0.25) is 14.9 Å². The van der Waals surface area contributed by atoms with E-state index in [9.17, 15) is 9.59 Å². The number of carbonyl (C=O) groups excluding carboxylic acids is 2. The molecule has 0 bridgehead atoms. The molecule has 8 heteroatoms. The Morgan fingerprint density at radius 1 is 0.826 bits per heavy atom. The highest BCUT2D eigenvalue weighted by Gasteiger charge is 2.08. The molecule has 2 amide bonds. The largest absolute Gasteiger partial charge is 0.342 e. The summed E-state index contributed by atoms with van der Waals surface area (Å²) in [6.45, 7) is 9.30. The van der Waals surface area contributed by atoms with E-state index in [0.717, 1.165) is 39.0 Å². The van der Waals surface area contributed by atoms with Gasteiger partial charge in [-0.15, -0.1) is 0 Å². The molecule has 0 aliphatic carbocycles. The molecule has 136 valence electrons. The molecule has 0 radical (unpaired) electrons. The van der Waals surface area contributed by atoms with Crippen LogP contribution in [-0.4, -0.2) is 80.6 Å². The van der Waals surface area contributed by atoms with E-state index >= 15 is 0 Å². The minimum absolute atomic E-state index is 0.00389. The van der Waals surface area contributed by atoms with Crippen LogP contribution in [-0.2, 0) is 9.59 Å². The van der Waals surface area contributed by atoms with Gasteiger partial charge in [0.1, 0.15) is 0 Å². The van der Waals surface area contributed by atoms with Crippen molar-refractivity contribution in [3.05, 3.63) is 0 Å². The molecule has 0 aromatic heterocycles. The first-order valence-corrected chi connectivity index (χ1v) is 8.47. The van der Waals surface area contributed by atoms with Crippen molar-refractivity contribution in [1.29, 1.82) is 0 Å². The van der Waals surface area contributed by atoms with Crippen molar-refractivity contribution >= 4 is 11.8 Å². The van der Waals surface area contributed by atoms with Crippen LogP contribution in [0.25, 0.3) is 0 Å². The Hall–Kier alpha value is -1.22. The lowest BCUT2D eigenvalue weighted by Crippen LogP contribution is -2.42. The van der Waals surface area contributed by atoms with E-state index in [2.05, 4.69) is 10.6 Å². The Bertz CT molecular complexity index is 297. The number of hydrogen-bond donors (Lipinski definition) is 4. The Morgan fingerprint density at radius 2 is 1.35 bits per heavy atom. The fraction of sp³-hybridized carbons (Fsp3) is 0.867. The molecule has 6 N–H and O–H groups in total. The lowest BCUT2D eigenvalue weighted by atomic mass is 10.3. The second-order valence-corrected chi connectivity index (χ2v) is 5.25. The first-order valence-electron chi connectivity index (χ1n) is 8.47. The van der Waals surface area contributed by atoms with E-state index < -0.39 is 0 Å². The van der Waals surface area contributed by atoms with Gasteiger partial charge in [0, 0.05) is 19.6 Å². The third-order valence-corrected chi connectivity index (χ3v) is 3.61. The number of hydrogen-bond acceptors (Lipinski definition) is 6. The summed E-state index contributed by atoms with van der Waals surface area (Å²) >= 11 is 0. The number of amides is 2. The maximum atomic E-state index is 11.5. The molecule has 0 saturated carbocycles. The number of rotatable bonds is 14. The number of nitrogens with two attached hydrogens (primary N) is 2. The van der Waals surface area contributed by atoms with Crippen molar-refractivity contribution < 1.29 is 9.59 Å². The molecule has 0 saturated heterocycles. The van der Waals surface area contributed by atoms with Gasteiger partial charge in [-0.25, -0.2) is 0 Å². The SMILES string of the molecule is CCN(CCCNCCCNCN(CC)C(=O)CN)C(=O)CN. The summed E-state index contributed by atoms with van der Waals surface area (Å²) in [5, 5.41) is 6.58. The van der Waals surface area contributed by atoms with Crippen LogP contribution in [0.2, 0.25) is 0 Å². The lowest BCUT2D eigenvalue weighted by molar-refractivity contribution is -0.130. The van der Waals surface area contributed by atoms with Crippen molar-refractivity contribution in [3.8, 4) is 0 Å². The normalized spacial score (nSPS) is 10.6. The monoisotopic (exact) mass is 330 g/mol. The van der Waals surface area contributed by atoms with Gasteiger partial charge < -0.3 is 26.6 Å². The summed E-state index contributed by atoms with van der Waals surface area (Å²) in [5.41, 5.74) is 10.7. The average molecular weight is 330 g/mol. The van der Waals surface area contributed by atoms with Gasteiger partial charge in [0.2, 0.25) is 11.8 Å². The molecule has 8 nitrogen and oxygen atoms in total. The first kappa shape index (κ1) is 21.8. The zero-order valence-corrected chi connectivity index (χ0v) is 14.6. The standard InChI is InChI=1S/C15H34N6O2/c1-3-20(14(22)11-16)10-6-9-18-7-5-8-19-13-21(4-2)15(23)12-17/h18-19H,3-13,16-17H2,1-2H3. The van der Waals surface area contributed by atoms with Gasteiger partial charge in [0.05, 0.1) is 19.8 Å². The fourth-order valence-electron chi connectivity index (χ4n) is 2.17. The third-order valence-electron chi connectivity index (χ3n) is 3.61. The molecule has 0 spiro atoms.